The van der Waals surface area contributed by atoms with Crippen molar-refractivity contribution in [3.8, 4) is 0 Å². The lowest BCUT2D eigenvalue weighted by atomic mass is 10.0. The van der Waals surface area contributed by atoms with E-state index in [9.17, 15) is 4.79 Å². The van der Waals surface area contributed by atoms with Gasteiger partial charge in [-0.15, -0.1) is 0 Å². The van der Waals surface area contributed by atoms with Crippen LogP contribution in [0.2, 0.25) is 0 Å². The molecule has 1 saturated heterocycles. The Morgan fingerprint density at radius 2 is 2.05 bits per heavy atom. The third-order valence-electron chi connectivity index (χ3n) is 4.85. The molecule has 1 amide bonds. The van der Waals surface area contributed by atoms with E-state index in [1.807, 2.05) is 4.90 Å². The van der Waals surface area contributed by atoms with Crippen LogP contribution in [0.3, 0.4) is 0 Å². The van der Waals surface area contributed by atoms with Crippen LogP contribution in [0.25, 0.3) is 0 Å². The monoisotopic (exact) mass is 286 g/mol. The molecule has 1 fully saturated rings. The third-order valence-corrected chi connectivity index (χ3v) is 4.85. The van der Waals surface area contributed by atoms with Gasteiger partial charge in [-0.1, -0.05) is 18.2 Å². The van der Waals surface area contributed by atoms with Crippen molar-refractivity contribution >= 4 is 5.91 Å². The number of carbonyl (C=O) groups excluding carboxylic acids is 1. The number of hydrogen-bond donors (Lipinski definition) is 1. The first-order valence-electron chi connectivity index (χ1n) is 8.37. The lowest BCUT2D eigenvalue weighted by molar-refractivity contribution is -0.127. The molecule has 3 heteroatoms. The first-order chi connectivity index (χ1) is 10.2. The van der Waals surface area contributed by atoms with Crippen molar-refractivity contribution < 1.29 is 4.79 Å². The minimum absolute atomic E-state index is 0.335. The van der Waals surface area contributed by atoms with Crippen LogP contribution < -0.4 is 5.32 Å². The van der Waals surface area contributed by atoms with E-state index in [0.29, 0.717) is 11.9 Å². The summed E-state index contributed by atoms with van der Waals surface area (Å²) in [6.07, 6.45) is 6.64. The van der Waals surface area contributed by atoms with Gasteiger partial charge in [-0.05, 0) is 62.3 Å². The standard InChI is InChI=1S/C18H26N2O/c1-14(16-9-8-15-5-2-6-17(15)13-16)19-10-4-12-20-11-3-7-18(20)21/h8-9,13-14,19H,2-7,10-12H2,1H3. The highest BCUT2D eigenvalue weighted by atomic mass is 16.2. The SMILES string of the molecule is CC(NCCCN1CCCC1=O)c1ccc2c(c1)CCC2. The van der Waals surface area contributed by atoms with Gasteiger partial charge in [0.2, 0.25) is 5.91 Å². The lowest BCUT2D eigenvalue weighted by Gasteiger charge is -2.18. The highest BCUT2D eigenvalue weighted by molar-refractivity contribution is 5.77. The molecule has 1 aromatic carbocycles. The Hall–Kier alpha value is -1.35. The summed E-state index contributed by atoms with van der Waals surface area (Å²) in [5, 5.41) is 3.59. The molecule has 1 unspecified atom stereocenters. The number of nitrogens with zero attached hydrogens (tertiary/aromatic N) is 1. The number of nitrogens with one attached hydrogen (secondary N) is 1. The second-order valence-electron chi connectivity index (χ2n) is 6.40. The fourth-order valence-electron chi connectivity index (χ4n) is 3.51. The fourth-order valence-corrected chi connectivity index (χ4v) is 3.51. The molecule has 21 heavy (non-hydrogen) atoms. The van der Waals surface area contributed by atoms with Crippen molar-refractivity contribution in [2.75, 3.05) is 19.6 Å². The topological polar surface area (TPSA) is 32.3 Å². The van der Waals surface area contributed by atoms with Crippen LogP contribution in [0.4, 0.5) is 0 Å². The summed E-state index contributed by atoms with van der Waals surface area (Å²) in [5.41, 5.74) is 4.48. The third kappa shape index (κ3) is 3.46. The van der Waals surface area contributed by atoms with Gasteiger partial charge < -0.3 is 10.2 Å². The zero-order valence-electron chi connectivity index (χ0n) is 13.0. The summed E-state index contributed by atoms with van der Waals surface area (Å²) in [7, 11) is 0. The Labute approximate surface area is 127 Å². The van der Waals surface area contributed by atoms with Crippen LogP contribution in [-0.4, -0.2) is 30.4 Å². The van der Waals surface area contributed by atoms with Crippen molar-refractivity contribution in [1.29, 1.82) is 0 Å². The highest BCUT2D eigenvalue weighted by Crippen LogP contribution is 2.25. The zero-order valence-corrected chi connectivity index (χ0v) is 13.0. The molecule has 1 heterocycles. The van der Waals surface area contributed by atoms with E-state index in [1.54, 1.807) is 11.1 Å². The maximum atomic E-state index is 11.5. The van der Waals surface area contributed by atoms with Crippen LogP contribution in [-0.2, 0) is 17.6 Å². The van der Waals surface area contributed by atoms with Gasteiger partial charge in [-0.2, -0.15) is 0 Å². The van der Waals surface area contributed by atoms with Crippen LogP contribution in [0.15, 0.2) is 18.2 Å². The van der Waals surface area contributed by atoms with Crippen LogP contribution in [0.1, 0.15) is 55.3 Å². The lowest BCUT2D eigenvalue weighted by Crippen LogP contribution is -2.29. The maximum Gasteiger partial charge on any atom is 0.222 e. The van der Waals surface area contributed by atoms with Gasteiger partial charge in [0.05, 0.1) is 0 Å². The molecule has 1 atom stereocenters. The van der Waals surface area contributed by atoms with E-state index in [1.165, 1.54) is 24.8 Å². The summed E-state index contributed by atoms with van der Waals surface area (Å²) in [6.45, 7) is 5.07. The summed E-state index contributed by atoms with van der Waals surface area (Å²) < 4.78 is 0. The average Bonchev–Trinajstić information content (AvgIpc) is 3.11. The summed E-state index contributed by atoms with van der Waals surface area (Å²) in [6, 6.07) is 7.35. The van der Waals surface area contributed by atoms with E-state index in [0.717, 1.165) is 38.9 Å². The number of benzene rings is 1. The van der Waals surface area contributed by atoms with Gasteiger partial charge in [0.1, 0.15) is 0 Å². The minimum atomic E-state index is 0.335. The number of aryl methyl sites for hydroxylation is 2. The molecule has 0 saturated carbocycles. The number of fused-ring (bicyclic) bond motifs is 1. The quantitative estimate of drug-likeness (QED) is 0.816. The smallest absolute Gasteiger partial charge is 0.222 e. The number of carbonyl (C=O) groups is 1. The van der Waals surface area contributed by atoms with Crippen molar-refractivity contribution in [1.82, 2.24) is 10.2 Å². The van der Waals surface area contributed by atoms with Gasteiger partial charge in [-0.3, -0.25) is 4.79 Å². The average molecular weight is 286 g/mol. The molecule has 3 nitrogen and oxygen atoms in total. The van der Waals surface area contributed by atoms with E-state index >= 15 is 0 Å². The zero-order chi connectivity index (χ0) is 14.7. The first kappa shape index (κ1) is 14.6. The first-order valence-corrected chi connectivity index (χ1v) is 8.37. The molecule has 0 radical (unpaired) electrons. The Balaban J connectivity index is 1.43. The molecule has 114 valence electrons. The van der Waals surface area contributed by atoms with Gasteiger partial charge in [0, 0.05) is 25.6 Å². The number of hydrogen-bond acceptors (Lipinski definition) is 2. The maximum absolute atomic E-state index is 11.5. The molecule has 1 aromatic rings. The Morgan fingerprint density at radius 1 is 1.19 bits per heavy atom. The molecule has 0 bridgehead atoms. The van der Waals surface area contributed by atoms with Crippen molar-refractivity contribution in [2.45, 2.75) is 51.5 Å². The van der Waals surface area contributed by atoms with E-state index in [4.69, 9.17) is 0 Å². The number of amides is 1. The van der Waals surface area contributed by atoms with Gasteiger partial charge in [0.15, 0.2) is 0 Å². The fraction of sp³-hybridized carbons (Fsp3) is 0.611. The molecule has 0 spiro atoms. The van der Waals surface area contributed by atoms with E-state index < -0.39 is 0 Å². The molecule has 0 aromatic heterocycles. The van der Waals surface area contributed by atoms with Crippen LogP contribution >= 0.6 is 0 Å². The number of rotatable bonds is 6. The van der Waals surface area contributed by atoms with Crippen molar-refractivity contribution in [2.24, 2.45) is 0 Å². The van der Waals surface area contributed by atoms with Crippen molar-refractivity contribution in [3.63, 3.8) is 0 Å². The van der Waals surface area contributed by atoms with Gasteiger partial charge in [-0.25, -0.2) is 0 Å². The molecule has 1 aliphatic heterocycles. The predicted octanol–water partition coefficient (Wildman–Crippen LogP) is 2.84. The normalized spacial score (nSPS) is 19.1. The molecule has 1 N–H and O–H groups in total. The molecule has 2 aliphatic rings. The number of likely N-dealkylation sites (tertiary alicyclic amines) is 1. The predicted molar refractivity (Wildman–Crippen MR) is 85.3 cm³/mol. The van der Waals surface area contributed by atoms with Gasteiger partial charge >= 0.3 is 0 Å². The Kier molecular flexibility index (Phi) is 4.59. The molecule has 3 rings (SSSR count). The summed E-state index contributed by atoms with van der Waals surface area (Å²) in [4.78, 5) is 13.5. The van der Waals surface area contributed by atoms with Crippen molar-refractivity contribution in [3.05, 3.63) is 34.9 Å². The van der Waals surface area contributed by atoms with Gasteiger partial charge in [0.25, 0.3) is 0 Å². The van der Waals surface area contributed by atoms with Crippen LogP contribution in [0, 0.1) is 0 Å². The second kappa shape index (κ2) is 6.61. The highest BCUT2D eigenvalue weighted by Gasteiger charge is 2.19. The minimum Gasteiger partial charge on any atom is -0.343 e. The van der Waals surface area contributed by atoms with Crippen LogP contribution in [0.5, 0.6) is 0 Å². The summed E-state index contributed by atoms with van der Waals surface area (Å²) in [5.74, 6) is 0.335. The van der Waals surface area contributed by atoms with E-state index in [-0.39, 0.29) is 0 Å². The summed E-state index contributed by atoms with van der Waals surface area (Å²) >= 11 is 0. The Bertz CT molecular complexity index is 512. The molecule has 1 aliphatic carbocycles. The Morgan fingerprint density at radius 3 is 2.86 bits per heavy atom. The molecular formula is C18H26N2O. The molecular weight excluding hydrogens is 260 g/mol. The second-order valence-corrected chi connectivity index (χ2v) is 6.40. The largest absolute Gasteiger partial charge is 0.343 e. The van der Waals surface area contributed by atoms with E-state index in [2.05, 4.69) is 30.4 Å².